The van der Waals surface area contributed by atoms with Crippen LogP contribution in [0, 0.1) is 5.92 Å². The van der Waals surface area contributed by atoms with Gasteiger partial charge in [0.25, 0.3) is 0 Å². The number of piperidine rings is 1. The van der Waals surface area contributed by atoms with Crippen LogP contribution in [0.15, 0.2) is 0 Å². The van der Waals surface area contributed by atoms with Crippen LogP contribution in [0.1, 0.15) is 12.8 Å². The van der Waals surface area contributed by atoms with E-state index in [-0.39, 0.29) is 5.92 Å². The third-order valence-corrected chi connectivity index (χ3v) is 2.18. The fourth-order valence-electron chi connectivity index (χ4n) is 1.41. The minimum Gasteiger partial charge on any atom is -0.480 e. The Hall–Kier alpha value is -0.610. The van der Waals surface area contributed by atoms with Crippen LogP contribution < -0.4 is 11.1 Å². The zero-order valence-electron chi connectivity index (χ0n) is 6.42. The number of carboxylic acid groups (broad SMARTS) is 1. The first-order chi connectivity index (χ1) is 5.22. The third-order valence-electron chi connectivity index (χ3n) is 2.18. The molecule has 0 aliphatic carbocycles. The van der Waals surface area contributed by atoms with Crippen molar-refractivity contribution in [2.24, 2.45) is 11.7 Å². The second kappa shape index (κ2) is 3.69. The van der Waals surface area contributed by atoms with Crippen LogP contribution in [0.4, 0.5) is 0 Å². The number of hydrogen-bond donors (Lipinski definition) is 3. The third kappa shape index (κ3) is 2.17. The monoisotopic (exact) mass is 158 g/mol. The maximum atomic E-state index is 10.5. The molecule has 0 aromatic carbocycles. The van der Waals surface area contributed by atoms with Crippen molar-refractivity contribution in [3.05, 3.63) is 0 Å². The minimum absolute atomic E-state index is 0.161. The van der Waals surface area contributed by atoms with E-state index in [0.717, 1.165) is 25.9 Å². The van der Waals surface area contributed by atoms with Gasteiger partial charge in [-0.05, 0) is 31.8 Å². The van der Waals surface area contributed by atoms with Crippen molar-refractivity contribution in [1.82, 2.24) is 5.32 Å². The van der Waals surface area contributed by atoms with E-state index in [1.165, 1.54) is 0 Å². The van der Waals surface area contributed by atoms with Crippen molar-refractivity contribution in [1.29, 1.82) is 0 Å². The molecule has 0 saturated carbocycles. The van der Waals surface area contributed by atoms with E-state index >= 15 is 0 Å². The van der Waals surface area contributed by atoms with Crippen LogP contribution in [0.25, 0.3) is 0 Å². The maximum absolute atomic E-state index is 10.5. The van der Waals surface area contributed by atoms with Crippen LogP contribution >= 0.6 is 0 Å². The normalized spacial score (nSPS) is 23.0. The summed E-state index contributed by atoms with van der Waals surface area (Å²) in [5.74, 6) is -0.717. The van der Waals surface area contributed by atoms with Crippen molar-refractivity contribution in [3.8, 4) is 0 Å². The Bertz CT molecular complexity index is 143. The van der Waals surface area contributed by atoms with Gasteiger partial charge in [0.15, 0.2) is 0 Å². The van der Waals surface area contributed by atoms with Crippen LogP contribution in [0.5, 0.6) is 0 Å². The molecule has 0 aromatic heterocycles. The van der Waals surface area contributed by atoms with Crippen LogP contribution in [-0.2, 0) is 4.79 Å². The predicted molar refractivity (Wildman–Crippen MR) is 41.2 cm³/mol. The molecule has 1 fully saturated rings. The Morgan fingerprint density at radius 1 is 1.55 bits per heavy atom. The molecular formula is C7H14N2O2. The highest BCUT2D eigenvalue weighted by Gasteiger charge is 2.25. The van der Waals surface area contributed by atoms with E-state index < -0.39 is 12.0 Å². The van der Waals surface area contributed by atoms with Gasteiger partial charge in [-0.25, -0.2) is 0 Å². The molecule has 0 radical (unpaired) electrons. The lowest BCUT2D eigenvalue weighted by Crippen LogP contribution is -2.43. The molecule has 0 aromatic rings. The second-order valence-electron chi connectivity index (χ2n) is 2.95. The van der Waals surface area contributed by atoms with E-state index in [0.29, 0.717) is 0 Å². The molecule has 1 aliphatic rings. The molecule has 4 N–H and O–H groups in total. The van der Waals surface area contributed by atoms with Crippen LogP contribution in [0.2, 0.25) is 0 Å². The van der Waals surface area contributed by atoms with Gasteiger partial charge in [-0.15, -0.1) is 0 Å². The van der Waals surface area contributed by atoms with Gasteiger partial charge in [-0.1, -0.05) is 0 Å². The molecule has 11 heavy (non-hydrogen) atoms. The van der Waals surface area contributed by atoms with Gasteiger partial charge in [0.1, 0.15) is 6.04 Å². The Balaban J connectivity index is 2.38. The lowest BCUT2D eigenvalue weighted by Gasteiger charge is -2.25. The van der Waals surface area contributed by atoms with E-state index in [2.05, 4.69) is 5.32 Å². The molecule has 1 aliphatic heterocycles. The minimum atomic E-state index is -0.878. The highest BCUT2D eigenvalue weighted by molar-refractivity contribution is 5.73. The van der Waals surface area contributed by atoms with Gasteiger partial charge in [0, 0.05) is 0 Å². The summed E-state index contributed by atoms with van der Waals surface area (Å²) in [6.45, 7) is 1.79. The molecule has 1 rings (SSSR count). The molecule has 1 saturated heterocycles. The Labute approximate surface area is 65.8 Å². The molecular weight excluding hydrogens is 144 g/mol. The molecule has 4 heteroatoms. The van der Waals surface area contributed by atoms with Crippen molar-refractivity contribution in [2.45, 2.75) is 18.9 Å². The lowest BCUT2D eigenvalue weighted by molar-refractivity contribution is -0.140. The first-order valence-corrected chi connectivity index (χ1v) is 3.91. The van der Waals surface area contributed by atoms with Gasteiger partial charge in [-0.2, -0.15) is 0 Å². The van der Waals surface area contributed by atoms with Crippen LogP contribution in [-0.4, -0.2) is 30.2 Å². The summed E-state index contributed by atoms with van der Waals surface area (Å²) in [4.78, 5) is 10.5. The van der Waals surface area contributed by atoms with E-state index in [4.69, 9.17) is 10.8 Å². The highest BCUT2D eigenvalue weighted by Crippen LogP contribution is 2.14. The summed E-state index contributed by atoms with van der Waals surface area (Å²) in [6, 6.07) is -0.669. The molecule has 64 valence electrons. The molecule has 1 heterocycles. The molecule has 4 nitrogen and oxygen atoms in total. The summed E-state index contributed by atoms with van der Waals surface area (Å²) in [6.07, 6.45) is 1.76. The number of carbonyl (C=O) groups is 1. The predicted octanol–water partition coefficient (Wildman–Crippen LogP) is -0.602. The summed E-state index contributed by atoms with van der Waals surface area (Å²) in [5, 5.41) is 11.7. The molecule has 0 amide bonds. The Morgan fingerprint density at radius 3 is 2.55 bits per heavy atom. The molecule has 0 unspecified atom stereocenters. The summed E-state index contributed by atoms with van der Waals surface area (Å²) < 4.78 is 0. The average molecular weight is 158 g/mol. The average Bonchev–Trinajstić information content (AvgIpc) is 2.05. The highest BCUT2D eigenvalue weighted by atomic mass is 16.4. The van der Waals surface area contributed by atoms with Gasteiger partial charge in [0.05, 0.1) is 0 Å². The SMILES string of the molecule is N[C@@H](C(=O)O)C1CCNCC1. The number of rotatable bonds is 2. The zero-order chi connectivity index (χ0) is 8.27. The number of nitrogens with one attached hydrogen (secondary N) is 1. The maximum Gasteiger partial charge on any atom is 0.320 e. The molecule has 1 atom stereocenters. The van der Waals surface area contributed by atoms with Crippen molar-refractivity contribution >= 4 is 5.97 Å². The quantitative estimate of drug-likeness (QED) is 0.501. The number of nitrogens with two attached hydrogens (primary N) is 1. The Morgan fingerprint density at radius 2 is 2.09 bits per heavy atom. The first kappa shape index (κ1) is 8.49. The standard InChI is InChI=1S/C7H14N2O2/c8-6(7(10)11)5-1-3-9-4-2-5/h5-6,9H,1-4,8H2,(H,10,11)/t6-/m1/s1. The van der Waals surface area contributed by atoms with Gasteiger partial charge in [-0.3, -0.25) is 4.79 Å². The van der Waals surface area contributed by atoms with Crippen LogP contribution in [0.3, 0.4) is 0 Å². The lowest BCUT2D eigenvalue weighted by atomic mass is 9.91. The second-order valence-corrected chi connectivity index (χ2v) is 2.95. The van der Waals surface area contributed by atoms with Gasteiger partial charge in [0.2, 0.25) is 0 Å². The fourth-order valence-corrected chi connectivity index (χ4v) is 1.41. The van der Waals surface area contributed by atoms with E-state index in [9.17, 15) is 4.79 Å². The largest absolute Gasteiger partial charge is 0.480 e. The number of aliphatic carboxylic acids is 1. The number of carboxylic acids is 1. The Kier molecular flexibility index (Phi) is 2.84. The first-order valence-electron chi connectivity index (χ1n) is 3.91. The summed E-state index contributed by atoms with van der Waals surface area (Å²) in [5.41, 5.74) is 5.46. The molecule has 0 spiro atoms. The summed E-state index contributed by atoms with van der Waals surface area (Å²) in [7, 11) is 0. The smallest absolute Gasteiger partial charge is 0.320 e. The van der Waals surface area contributed by atoms with Gasteiger partial charge >= 0.3 is 5.97 Å². The number of hydrogen-bond acceptors (Lipinski definition) is 3. The van der Waals surface area contributed by atoms with Crippen molar-refractivity contribution in [3.63, 3.8) is 0 Å². The van der Waals surface area contributed by atoms with Crippen molar-refractivity contribution < 1.29 is 9.90 Å². The van der Waals surface area contributed by atoms with E-state index in [1.807, 2.05) is 0 Å². The van der Waals surface area contributed by atoms with E-state index in [1.54, 1.807) is 0 Å². The zero-order valence-corrected chi connectivity index (χ0v) is 6.42. The topological polar surface area (TPSA) is 75.4 Å². The summed E-state index contributed by atoms with van der Waals surface area (Å²) >= 11 is 0. The van der Waals surface area contributed by atoms with Crippen molar-refractivity contribution in [2.75, 3.05) is 13.1 Å². The molecule has 0 bridgehead atoms. The fraction of sp³-hybridized carbons (Fsp3) is 0.857. The van der Waals surface area contributed by atoms with Gasteiger partial charge < -0.3 is 16.2 Å².